The molecule has 1 aliphatic rings. The number of anilines is 1. The fraction of sp³-hybridized carbons (Fsp3) is 0.0435. The number of hydrogen-bond donors (Lipinski definition) is 1. The van der Waals surface area contributed by atoms with Gasteiger partial charge in [0, 0.05) is 6.07 Å². The molecule has 0 unspecified atom stereocenters. The summed E-state index contributed by atoms with van der Waals surface area (Å²) < 4.78 is 5.61. The molecule has 0 radical (unpaired) electrons. The number of nitro benzene ring substituents is 1. The number of hydrazine groups is 1. The molecule has 1 heterocycles. The number of carbonyl (C=O) groups excluding carboxylic acids is 2. The smallest absolute Gasteiger partial charge is 0.313 e. The van der Waals surface area contributed by atoms with E-state index in [1.807, 2.05) is 30.3 Å². The third-order valence-corrected chi connectivity index (χ3v) is 4.97. The molecule has 1 N–H and O–H groups in total. The van der Waals surface area contributed by atoms with E-state index in [4.69, 9.17) is 16.3 Å². The number of hydrogen-bond acceptors (Lipinski definition) is 5. The molecule has 0 bridgehead atoms. The van der Waals surface area contributed by atoms with Crippen LogP contribution in [0.4, 0.5) is 11.4 Å². The second-order valence-corrected chi connectivity index (χ2v) is 7.26. The Morgan fingerprint density at radius 2 is 1.69 bits per heavy atom. The third kappa shape index (κ3) is 4.30. The predicted octanol–water partition coefficient (Wildman–Crippen LogP) is 4.29. The van der Waals surface area contributed by atoms with Gasteiger partial charge >= 0.3 is 5.69 Å². The van der Waals surface area contributed by atoms with Crippen molar-refractivity contribution in [2.45, 2.75) is 6.61 Å². The summed E-state index contributed by atoms with van der Waals surface area (Å²) in [6, 6.07) is 20.3. The Morgan fingerprint density at radius 1 is 1.03 bits per heavy atom. The molecule has 0 aromatic heterocycles. The summed E-state index contributed by atoms with van der Waals surface area (Å²) >= 11 is 6.27. The Labute approximate surface area is 187 Å². The summed E-state index contributed by atoms with van der Waals surface area (Å²) in [5, 5.41) is 12.7. The first-order chi connectivity index (χ1) is 15.4. The van der Waals surface area contributed by atoms with E-state index in [-0.39, 0.29) is 34.2 Å². The van der Waals surface area contributed by atoms with Crippen LogP contribution >= 0.6 is 11.6 Å². The first-order valence-electron chi connectivity index (χ1n) is 9.51. The number of nitro groups is 1. The molecule has 160 valence electrons. The maximum Gasteiger partial charge on any atom is 0.313 e. The van der Waals surface area contributed by atoms with Gasteiger partial charge in [-0.25, -0.2) is 5.01 Å². The van der Waals surface area contributed by atoms with Crippen LogP contribution in [0.2, 0.25) is 5.02 Å². The fourth-order valence-corrected chi connectivity index (χ4v) is 3.45. The summed E-state index contributed by atoms with van der Waals surface area (Å²) in [6.45, 7) is 0.0920. The van der Waals surface area contributed by atoms with Crippen molar-refractivity contribution in [3.8, 4) is 5.75 Å². The minimum atomic E-state index is -0.624. The van der Waals surface area contributed by atoms with Gasteiger partial charge in [0.05, 0.1) is 15.6 Å². The quantitative estimate of drug-likeness (QED) is 0.262. The molecule has 4 rings (SSSR count). The summed E-state index contributed by atoms with van der Waals surface area (Å²) in [7, 11) is 0. The molecule has 32 heavy (non-hydrogen) atoms. The van der Waals surface area contributed by atoms with Crippen molar-refractivity contribution in [2.24, 2.45) is 0 Å². The molecule has 1 saturated heterocycles. The van der Waals surface area contributed by atoms with Crippen molar-refractivity contribution in [3.05, 3.63) is 105 Å². The number of ether oxygens (including phenoxy) is 1. The number of rotatable bonds is 6. The van der Waals surface area contributed by atoms with Gasteiger partial charge in [0.15, 0.2) is 0 Å². The zero-order valence-electron chi connectivity index (χ0n) is 16.5. The van der Waals surface area contributed by atoms with Crippen LogP contribution in [0.5, 0.6) is 5.75 Å². The van der Waals surface area contributed by atoms with E-state index in [0.29, 0.717) is 5.69 Å². The van der Waals surface area contributed by atoms with E-state index in [9.17, 15) is 19.7 Å². The highest BCUT2D eigenvalue weighted by Gasteiger charge is 2.34. The Kier molecular flexibility index (Phi) is 5.87. The van der Waals surface area contributed by atoms with E-state index in [0.717, 1.165) is 10.6 Å². The minimum absolute atomic E-state index is 0.00671. The summed E-state index contributed by atoms with van der Waals surface area (Å²) in [4.78, 5) is 36.1. The van der Waals surface area contributed by atoms with Crippen LogP contribution in [-0.4, -0.2) is 16.7 Å². The topological polar surface area (TPSA) is 102 Å². The lowest BCUT2D eigenvalue weighted by molar-refractivity contribution is -0.385. The van der Waals surface area contributed by atoms with Gasteiger partial charge < -0.3 is 4.74 Å². The third-order valence-electron chi connectivity index (χ3n) is 4.69. The zero-order chi connectivity index (χ0) is 22.7. The molecule has 1 aliphatic heterocycles. The number of carbonyl (C=O) groups is 2. The van der Waals surface area contributed by atoms with Gasteiger partial charge in [0.25, 0.3) is 11.8 Å². The molecule has 1 fully saturated rings. The van der Waals surface area contributed by atoms with E-state index >= 15 is 0 Å². The molecule has 0 spiro atoms. The van der Waals surface area contributed by atoms with E-state index in [2.05, 4.69) is 5.43 Å². The van der Waals surface area contributed by atoms with Gasteiger partial charge in [0.2, 0.25) is 5.75 Å². The van der Waals surface area contributed by atoms with E-state index < -0.39 is 16.7 Å². The number of halogens is 1. The Hall–Kier alpha value is -4.17. The van der Waals surface area contributed by atoms with Gasteiger partial charge in [-0.05, 0) is 35.4 Å². The Bertz CT molecular complexity index is 1230. The second kappa shape index (κ2) is 8.91. The van der Waals surface area contributed by atoms with E-state index in [1.54, 1.807) is 30.3 Å². The van der Waals surface area contributed by atoms with Crippen molar-refractivity contribution in [1.82, 2.24) is 5.43 Å². The maximum atomic E-state index is 12.7. The van der Waals surface area contributed by atoms with E-state index in [1.165, 1.54) is 18.2 Å². The number of para-hydroxylation sites is 1. The molecular weight excluding hydrogens is 434 g/mol. The second-order valence-electron chi connectivity index (χ2n) is 6.86. The molecule has 3 aromatic rings. The Balaban J connectivity index is 1.64. The van der Waals surface area contributed by atoms with Crippen LogP contribution in [0, 0.1) is 10.1 Å². The van der Waals surface area contributed by atoms with Crippen LogP contribution in [0.15, 0.2) is 78.4 Å². The van der Waals surface area contributed by atoms with Gasteiger partial charge in [-0.2, -0.15) is 0 Å². The highest BCUT2D eigenvalue weighted by molar-refractivity contribution is 6.33. The van der Waals surface area contributed by atoms with Crippen molar-refractivity contribution in [2.75, 3.05) is 5.01 Å². The van der Waals surface area contributed by atoms with Crippen molar-refractivity contribution in [3.63, 3.8) is 0 Å². The highest BCUT2D eigenvalue weighted by Crippen LogP contribution is 2.37. The predicted molar refractivity (Wildman–Crippen MR) is 119 cm³/mol. The summed E-state index contributed by atoms with van der Waals surface area (Å²) in [5.74, 6) is -1.29. The number of nitrogens with one attached hydrogen (secondary N) is 1. The molecule has 2 amide bonds. The lowest BCUT2D eigenvalue weighted by Crippen LogP contribution is -2.35. The molecular formula is C23H16ClN3O5. The maximum absolute atomic E-state index is 12.7. The molecule has 0 saturated carbocycles. The lowest BCUT2D eigenvalue weighted by atomic mass is 10.1. The first kappa shape index (κ1) is 21.1. The van der Waals surface area contributed by atoms with Gasteiger partial charge in [0.1, 0.15) is 12.2 Å². The van der Waals surface area contributed by atoms with Crippen LogP contribution in [0.25, 0.3) is 6.08 Å². The average Bonchev–Trinajstić information content (AvgIpc) is 3.07. The fourth-order valence-electron chi connectivity index (χ4n) is 3.17. The summed E-state index contributed by atoms with van der Waals surface area (Å²) in [6.07, 6.45) is 1.26. The standard InChI is InChI=1S/C23H16ClN3O5/c24-19-12-16(11-18-22(28)25-26(23(18)29)17-9-5-2-6-10-17)13-20(27(30)31)21(19)32-14-15-7-3-1-4-8-15/h1-13H,14H2,(H,25,28). The summed E-state index contributed by atoms with van der Waals surface area (Å²) in [5.41, 5.74) is 3.47. The van der Waals surface area contributed by atoms with Crippen LogP contribution in [0.3, 0.4) is 0 Å². The molecule has 0 atom stereocenters. The molecule has 8 nitrogen and oxygen atoms in total. The lowest BCUT2D eigenvalue weighted by Gasteiger charge is -2.13. The van der Waals surface area contributed by atoms with Crippen molar-refractivity contribution in [1.29, 1.82) is 0 Å². The highest BCUT2D eigenvalue weighted by atomic mass is 35.5. The van der Waals surface area contributed by atoms with Crippen molar-refractivity contribution < 1.29 is 19.2 Å². The van der Waals surface area contributed by atoms with Crippen LogP contribution in [-0.2, 0) is 16.2 Å². The minimum Gasteiger partial charge on any atom is -0.481 e. The van der Waals surface area contributed by atoms with Gasteiger partial charge in [-0.3, -0.25) is 25.1 Å². The molecule has 3 aromatic carbocycles. The number of nitrogens with zero attached hydrogens (tertiary/aromatic N) is 2. The molecule has 9 heteroatoms. The van der Waals surface area contributed by atoms with Gasteiger partial charge in [-0.1, -0.05) is 60.1 Å². The van der Waals surface area contributed by atoms with Crippen LogP contribution in [0.1, 0.15) is 11.1 Å². The van der Waals surface area contributed by atoms with Gasteiger partial charge in [-0.15, -0.1) is 0 Å². The zero-order valence-corrected chi connectivity index (χ0v) is 17.3. The molecule has 0 aliphatic carbocycles. The SMILES string of the molecule is O=C1NN(c2ccccc2)C(=O)C1=Cc1cc(Cl)c(OCc2ccccc2)c([N+](=O)[O-])c1. The van der Waals surface area contributed by atoms with Crippen LogP contribution < -0.4 is 15.2 Å². The Morgan fingerprint density at radius 3 is 2.34 bits per heavy atom. The largest absolute Gasteiger partial charge is 0.481 e. The number of amides is 2. The van der Waals surface area contributed by atoms with Crippen molar-refractivity contribution >= 4 is 40.9 Å². The normalized spacial score (nSPS) is 14.5. The monoisotopic (exact) mass is 449 g/mol. The average molecular weight is 450 g/mol. The first-order valence-corrected chi connectivity index (χ1v) is 9.88. The number of benzene rings is 3.